The number of amides is 1. The van der Waals surface area contributed by atoms with Crippen molar-refractivity contribution in [3.8, 4) is 6.01 Å². The van der Waals surface area contributed by atoms with Gasteiger partial charge in [-0.05, 0) is 13.8 Å². The van der Waals surface area contributed by atoms with Crippen LogP contribution in [-0.4, -0.2) is 59.6 Å². The fourth-order valence-corrected chi connectivity index (χ4v) is 1.12. The Labute approximate surface area is 112 Å². The van der Waals surface area contributed by atoms with E-state index in [1.165, 1.54) is 4.90 Å². The number of hydrogen-bond acceptors (Lipinski definition) is 7. The van der Waals surface area contributed by atoms with Gasteiger partial charge in [0.1, 0.15) is 0 Å². The smallest absolute Gasteiger partial charge is 0.323 e. The third-order valence-electron chi connectivity index (χ3n) is 2.08. The van der Waals surface area contributed by atoms with Crippen LogP contribution in [0.2, 0.25) is 0 Å². The standard InChI is InChI=1S/C11H20N6O2/c1-7(2)19-11-15-9(12-3)14-10(16-11)13-6-8(18)17(4)5/h7H,6H2,1-5H3,(H2,12,13,14,15,16). The van der Waals surface area contributed by atoms with Gasteiger partial charge in [-0.3, -0.25) is 4.79 Å². The molecule has 1 rings (SSSR count). The number of rotatable bonds is 6. The van der Waals surface area contributed by atoms with E-state index in [4.69, 9.17) is 4.74 Å². The molecule has 1 aromatic rings. The van der Waals surface area contributed by atoms with E-state index in [0.717, 1.165) is 0 Å². The molecule has 0 atom stereocenters. The van der Waals surface area contributed by atoms with Crippen molar-refractivity contribution < 1.29 is 9.53 Å². The number of anilines is 2. The van der Waals surface area contributed by atoms with Gasteiger partial charge in [-0.15, -0.1) is 0 Å². The first kappa shape index (κ1) is 14.9. The first-order valence-electron chi connectivity index (χ1n) is 5.97. The van der Waals surface area contributed by atoms with Crippen LogP contribution in [0.25, 0.3) is 0 Å². The summed E-state index contributed by atoms with van der Waals surface area (Å²) >= 11 is 0. The van der Waals surface area contributed by atoms with Gasteiger partial charge in [0, 0.05) is 21.1 Å². The average Bonchev–Trinajstić information content (AvgIpc) is 2.34. The molecule has 1 heterocycles. The number of hydrogen-bond donors (Lipinski definition) is 2. The van der Waals surface area contributed by atoms with Gasteiger partial charge in [-0.1, -0.05) is 0 Å². The van der Waals surface area contributed by atoms with Gasteiger partial charge in [-0.25, -0.2) is 0 Å². The van der Waals surface area contributed by atoms with Gasteiger partial charge in [0.15, 0.2) is 0 Å². The Morgan fingerprint density at radius 1 is 1.26 bits per heavy atom. The fourth-order valence-electron chi connectivity index (χ4n) is 1.12. The first-order chi connectivity index (χ1) is 8.92. The van der Waals surface area contributed by atoms with Crippen LogP contribution in [0.1, 0.15) is 13.8 Å². The van der Waals surface area contributed by atoms with Gasteiger partial charge >= 0.3 is 6.01 Å². The molecule has 8 heteroatoms. The molecule has 19 heavy (non-hydrogen) atoms. The van der Waals surface area contributed by atoms with E-state index < -0.39 is 0 Å². The number of nitrogens with zero attached hydrogens (tertiary/aromatic N) is 4. The molecule has 0 aromatic carbocycles. The third kappa shape index (κ3) is 4.94. The van der Waals surface area contributed by atoms with Crippen LogP contribution in [0.5, 0.6) is 6.01 Å². The van der Waals surface area contributed by atoms with Gasteiger partial charge in [0.25, 0.3) is 0 Å². The number of carbonyl (C=O) groups excluding carboxylic acids is 1. The molecule has 0 saturated heterocycles. The van der Waals surface area contributed by atoms with Crippen molar-refractivity contribution in [3.05, 3.63) is 0 Å². The minimum absolute atomic E-state index is 0.0386. The molecule has 106 valence electrons. The van der Waals surface area contributed by atoms with Crippen molar-refractivity contribution in [1.29, 1.82) is 0 Å². The number of carbonyl (C=O) groups is 1. The van der Waals surface area contributed by atoms with Crippen LogP contribution >= 0.6 is 0 Å². The summed E-state index contributed by atoms with van der Waals surface area (Å²) in [5.41, 5.74) is 0. The van der Waals surface area contributed by atoms with Gasteiger partial charge < -0.3 is 20.3 Å². The molecule has 0 aliphatic rings. The zero-order valence-electron chi connectivity index (χ0n) is 11.9. The van der Waals surface area contributed by atoms with Crippen LogP contribution in [0.3, 0.4) is 0 Å². The Bertz CT molecular complexity index is 435. The second-order valence-corrected chi connectivity index (χ2v) is 4.32. The van der Waals surface area contributed by atoms with Crippen molar-refractivity contribution in [3.63, 3.8) is 0 Å². The second-order valence-electron chi connectivity index (χ2n) is 4.32. The molecular formula is C11H20N6O2. The summed E-state index contributed by atoms with van der Waals surface area (Å²) in [7, 11) is 5.07. The van der Waals surface area contributed by atoms with Crippen molar-refractivity contribution in [1.82, 2.24) is 19.9 Å². The van der Waals surface area contributed by atoms with Crippen molar-refractivity contribution in [2.24, 2.45) is 0 Å². The van der Waals surface area contributed by atoms with Crippen LogP contribution in [-0.2, 0) is 4.79 Å². The largest absolute Gasteiger partial charge is 0.461 e. The molecule has 0 unspecified atom stereocenters. The predicted octanol–water partition coefficient (Wildman–Crippen LogP) is 0.201. The number of nitrogens with one attached hydrogen (secondary N) is 2. The molecule has 0 saturated carbocycles. The Morgan fingerprint density at radius 2 is 1.89 bits per heavy atom. The average molecular weight is 268 g/mol. The quantitative estimate of drug-likeness (QED) is 0.761. The fraction of sp³-hybridized carbons (Fsp3) is 0.636. The van der Waals surface area contributed by atoms with E-state index in [2.05, 4.69) is 25.6 Å². The maximum Gasteiger partial charge on any atom is 0.323 e. The van der Waals surface area contributed by atoms with Gasteiger partial charge in [-0.2, -0.15) is 15.0 Å². The second kappa shape index (κ2) is 6.72. The molecule has 0 aliphatic carbocycles. The van der Waals surface area contributed by atoms with Crippen molar-refractivity contribution in [2.75, 3.05) is 38.3 Å². The van der Waals surface area contributed by atoms with Crippen LogP contribution in [0.15, 0.2) is 0 Å². The lowest BCUT2D eigenvalue weighted by atomic mass is 10.5. The Morgan fingerprint density at radius 3 is 2.42 bits per heavy atom. The van der Waals surface area contributed by atoms with E-state index in [0.29, 0.717) is 11.9 Å². The Hall–Kier alpha value is -2.12. The number of likely N-dealkylation sites (N-methyl/N-ethyl adjacent to an activating group) is 1. The summed E-state index contributed by atoms with van der Waals surface area (Å²) in [5.74, 6) is 0.605. The molecule has 8 nitrogen and oxygen atoms in total. The number of ether oxygens (including phenoxy) is 1. The molecule has 2 N–H and O–H groups in total. The van der Waals surface area contributed by atoms with E-state index in [1.54, 1.807) is 21.1 Å². The normalized spacial score (nSPS) is 10.2. The molecule has 1 aromatic heterocycles. The van der Waals surface area contributed by atoms with Crippen molar-refractivity contribution >= 4 is 17.8 Å². The van der Waals surface area contributed by atoms with E-state index in [1.807, 2.05) is 13.8 Å². The van der Waals surface area contributed by atoms with E-state index >= 15 is 0 Å². The van der Waals surface area contributed by atoms with E-state index in [9.17, 15) is 4.79 Å². The van der Waals surface area contributed by atoms with E-state index in [-0.39, 0.29) is 24.6 Å². The Kier molecular flexibility index (Phi) is 5.28. The monoisotopic (exact) mass is 268 g/mol. The lowest BCUT2D eigenvalue weighted by molar-refractivity contribution is -0.126. The summed E-state index contributed by atoms with van der Waals surface area (Å²) < 4.78 is 5.41. The topological polar surface area (TPSA) is 92.3 Å². The predicted molar refractivity (Wildman–Crippen MR) is 72.3 cm³/mol. The summed E-state index contributed by atoms with van der Waals surface area (Å²) in [6.45, 7) is 3.87. The minimum atomic E-state index is -0.0715. The molecule has 1 amide bonds. The molecule has 0 aliphatic heterocycles. The lowest BCUT2D eigenvalue weighted by Gasteiger charge is -2.13. The highest BCUT2D eigenvalue weighted by Crippen LogP contribution is 2.11. The lowest BCUT2D eigenvalue weighted by Crippen LogP contribution is -2.29. The van der Waals surface area contributed by atoms with Crippen LogP contribution < -0.4 is 15.4 Å². The molecule has 0 bridgehead atoms. The summed E-state index contributed by atoms with van der Waals surface area (Å²) in [6.07, 6.45) is -0.0386. The van der Waals surface area contributed by atoms with Crippen molar-refractivity contribution in [2.45, 2.75) is 20.0 Å². The maximum absolute atomic E-state index is 11.5. The SMILES string of the molecule is CNc1nc(NCC(=O)N(C)C)nc(OC(C)C)n1. The Balaban J connectivity index is 2.79. The first-order valence-corrected chi connectivity index (χ1v) is 5.97. The maximum atomic E-state index is 11.5. The third-order valence-corrected chi connectivity index (χ3v) is 2.08. The zero-order valence-corrected chi connectivity index (χ0v) is 11.9. The summed E-state index contributed by atoms with van der Waals surface area (Å²) in [5, 5.41) is 5.65. The molecule has 0 fully saturated rings. The van der Waals surface area contributed by atoms with Crippen LogP contribution in [0, 0.1) is 0 Å². The summed E-state index contributed by atoms with van der Waals surface area (Å²) in [4.78, 5) is 25.2. The highest BCUT2D eigenvalue weighted by molar-refractivity contribution is 5.79. The summed E-state index contributed by atoms with van der Waals surface area (Å²) in [6, 6.07) is 0.217. The van der Waals surface area contributed by atoms with Gasteiger partial charge in [0.05, 0.1) is 12.6 Å². The van der Waals surface area contributed by atoms with Gasteiger partial charge in [0.2, 0.25) is 17.8 Å². The number of aromatic nitrogens is 3. The molecule has 0 radical (unpaired) electrons. The highest BCUT2D eigenvalue weighted by Gasteiger charge is 2.10. The highest BCUT2D eigenvalue weighted by atomic mass is 16.5. The zero-order chi connectivity index (χ0) is 14.4. The van der Waals surface area contributed by atoms with Crippen LogP contribution in [0.4, 0.5) is 11.9 Å². The molecule has 0 spiro atoms. The minimum Gasteiger partial charge on any atom is -0.461 e. The molecular weight excluding hydrogens is 248 g/mol.